The number of alkyl halides is 2. The maximum atomic E-state index is 12.4. The molecule has 0 aliphatic rings. The van der Waals surface area contributed by atoms with E-state index in [0.29, 0.717) is 30.2 Å². The van der Waals surface area contributed by atoms with E-state index in [1.165, 1.54) is 13.3 Å². The van der Waals surface area contributed by atoms with E-state index in [1.807, 2.05) is 6.92 Å². The van der Waals surface area contributed by atoms with Crippen LogP contribution in [0.3, 0.4) is 0 Å². The quantitative estimate of drug-likeness (QED) is 0.852. The van der Waals surface area contributed by atoms with Gasteiger partial charge in [-0.1, -0.05) is 17.7 Å². The molecule has 0 saturated carbocycles. The van der Waals surface area contributed by atoms with E-state index >= 15 is 0 Å². The SMILES string of the molecule is COc1nccnc1CNCc1cc(C)ccc1OC(F)F. The second kappa shape index (κ2) is 7.65. The van der Waals surface area contributed by atoms with Gasteiger partial charge in [-0.2, -0.15) is 8.78 Å². The Morgan fingerprint density at radius 3 is 2.68 bits per heavy atom. The van der Waals surface area contributed by atoms with Gasteiger partial charge in [-0.05, 0) is 13.0 Å². The molecular formula is C15H17F2N3O2. The van der Waals surface area contributed by atoms with Crippen LogP contribution in [-0.4, -0.2) is 23.7 Å². The van der Waals surface area contributed by atoms with Gasteiger partial charge in [-0.25, -0.2) is 4.98 Å². The number of aromatic nitrogens is 2. The van der Waals surface area contributed by atoms with Crippen LogP contribution in [0.4, 0.5) is 8.78 Å². The number of nitrogens with zero attached hydrogens (tertiary/aromatic N) is 2. The minimum absolute atomic E-state index is 0.166. The van der Waals surface area contributed by atoms with Gasteiger partial charge in [0.2, 0.25) is 5.88 Å². The van der Waals surface area contributed by atoms with Crippen LogP contribution in [0.25, 0.3) is 0 Å². The third kappa shape index (κ3) is 4.36. The summed E-state index contributed by atoms with van der Waals surface area (Å²) in [6.07, 6.45) is 3.11. The molecule has 1 aromatic heterocycles. The van der Waals surface area contributed by atoms with Crippen molar-refractivity contribution in [2.45, 2.75) is 26.6 Å². The van der Waals surface area contributed by atoms with Gasteiger partial charge in [0.25, 0.3) is 0 Å². The molecule has 2 aromatic rings. The summed E-state index contributed by atoms with van der Waals surface area (Å²) in [5.41, 5.74) is 2.27. The normalized spacial score (nSPS) is 10.8. The Morgan fingerprint density at radius 2 is 1.95 bits per heavy atom. The molecule has 1 heterocycles. The number of benzene rings is 1. The van der Waals surface area contributed by atoms with Crippen LogP contribution in [0, 0.1) is 6.92 Å². The fourth-order valence-electron chi connectivity index (χ4n) is 2.02. The van der Waals surface area contributed by atoms with E-state index in [9.17, 15) is 8.78 Å². The number of nitrogens with one attached hydrogen (secondary N) is 1. The molecule has 0 aliphatic heterocycles. The Morgan fingerprint density at radius 1 is 1.18 bits per heavy atom. The van der Waals surface area contributed by atoms with Crippen molar-refractivity contribution >= 4 is 0 Å². The number of methoxy groups -OCH3 is 1. The summed E-state index contributed by atoms with van der Waals surface area (Å²) < 4.78 is 34.4. The zero-order valence-electron chi connectivity index (χ0n) is 12.3. The molecule has 0 aliphatic carbocycles. The summed E-state index contributed by atoms with van der Waals surface area (Å²) in [6.45, 7) is -0.189. The molecular weight excluding hydrogens is 292 g/mol. The molecule has 0 amide bonds. The first-order valence-corrected chi connectivity index (χ1v) is 6.69. The van der Waals surface area contributed by atoms with E-state index in [-0.39, 0.29) is 5.75 Å². The van der Waals surface area contributed by atoms with Gasteiger partial charge in [0.05, 0.1) is 7.11 Å². The molecule has 0 bridgehead atoms. The topological polar surface area (TPSA) is 56.3 Å². The Labute approximate surface area is 127 Å². The van der Waals surface area contributed by atoms with Gasteiger partial charge in [-0.15, -0.1) is 0 Å². The lowest BCUT2D eigenvalue weighted by Crippen LogP contribution is -2.16. The van der Waals surface area contributed by atoms with Gasteiger partial charge in [0.15, 0.2) is 0 Å². The van der Waals surface area contributed by atoms with Crippen LogP contribution < -0.4 is 14.8 Å². The number of aryl methyl sites for hydroxylation is 1. The van der Waals surface area contributed by atoms with Crippen molar-refractivity contribution in [1.29, 1.82) is 0 Å². The van der Waals surface area contributed by atoms with E-state index in [1.54, 1.807) is 24.4 Å². The lowest BCUT2D eigenvalue weighted by atomic mass is 10.1. The zero-order chi connectivity index (χ0) is 15.9. The standard InChI is InChI=1S/C15H17F2N3O2/c1-10-3-4-13(22-15(16)17)11(7-10)8-18-9-12-14(21-2)20-6-5-19-12/h3-7,15,18H,8-9H2,1-2H3. The first-order valence-electron chi connectivity index (χ1n) is 6.69. The second-order valence-corrected chi connectivity index (χ2v) is 4.61. The number of rotatable bonds is 7. The van der Waals surface area contributed by atoms with Crippen LogP contribution in [0.5, 0.6) is 11.6 Å². The van der Waals surface area contributed by atoms with Crippen LogP contribution in [0.15, 0.2) is 30.6 Å². The Kier molecular flexibility index (Phi) is 5.60. The predicted molar refractivity (Wildman–Crippen MR) is 76.9 cm³/mol. The van der Waals surface area contributed by atoms with E-state index in [2.05, 4.69) is 20.0 Å². The van der Waals surface area contributed by atoms with Crippen molar-refractivity contribution in [2.24, 2.45) is 0 Å². The largest absolute Gasteiger partial charge is 0.480 e. The molecule has 0 radical (unpaired) electrons. The summed E-state index contributed by atoms with van der Waals surface area (Å²) in [6, 6.07) is 5.08. The molecule has 7 heteroatoms. The van der Waals surface area contributed by atoms with E-state index < -0.39 is 6.61 Å². The Balaban J connectivity index is 2.03. The fourth-order valence-corrected chi connectivity index (χ4v) is 2.02. The lowest BCUT2D eigenvalue weighted by molar-refractivity contribution is -0.0505. The van der Waals surface area contributed by atoms with Crippen molar-refractivity contribution in [1.82, 2.24) is 15.3 Å². The summed E-state index contributed by atoms with van der Waals surface area (Å²) >= 11 is 0. The zero-order valence-corrected chi connectivity index (χ0v) is 12.3. The maximum absolute atomic E-state index is 12.4. The maximum Gasteiger partial charge on any atom is 0.387 e. The van der Waals surface area contributed by atoms with Gasteiger partial charge in [-0.3, -0.25) is 4.98 Å². The molecule has 0 unspecified atom stereocenters. The molecule has 0 spiro atoms. The molecule has 22 heavy (non-hydrogen) atoms. The van der Waals surface area contributed by atoms with Gasteiger partial charge in [0, 0.05) is 31.0 Å². The van der Waals surface area contributed by atoms with Gasteiger partial charge in [0.1, 0.15) is 11.4 Å². The van der Waals surface area contributed by atoms with Crippen LogP contribution in [0.1, 0.15) is 16.8 Å². The third-order valence-electron chi connectivity index (χ3n) is 2.97. The number of hydrogen-bond acceptors (Lipinski definition) is 5. The molecule has 0 saturated heterocycles. The lowest BCUT2D eigenvalue weighted by Gasteiger charge is -2.13. The monoisotopic (exact) mass is 309 g/mol. The molecule has 0 atom stereocenters. The Hall–Kier alpha value is -2.28. The molecule has 1 aromatic carbocycles. The third-order valence-corrected chi connectivity index (χ3v) is 2.97. The van der Waals surface area contributed by atoms with Gasteiger partial charge < -0.3 is 14.8 Å². The molecule has 118 valence electrons. The van der Waals surface area contributed by atoms with Crippen LogP contribution in [0.2, 0.25) is 0 Å². The average molecular weight is 309 g/mol. The minimum atomic E-state index is -2.85. The average Bonchev–Trinajstić information content (AvgIpc) is 2.50. The van der Waals surface area contributed by atoms with Crippen molar-refractivity contribution in [2.75, 3.05) is 7.11 Å². The summed E-state index contributed by atoms with van der Waals surface area (Å²) in [5.74, 6) is 0.600. The van der Waals surface area contributed by atoms with Crippen molar-refractivity contribution in [3.8, 4) is 11.6 Å². The van der Waals surface area contributed by atoms with Gasteiger partial charge >= 0.3 is 6.61 Å². The predicted octanol–water partition coefficient (Wildman–Crippen LogP) is 2.68. The summed E-state index contributed by atoms with van der Waals surface area (Å²) in [7, 11) is 1.52. The summed E-state index contributed by atoms with van der Waals surface area (Å²) in [4.78, 5) is 8.21. The first kappa shape index (κ1) is 16.1. The highest BCUT2D eigenvalue weighted by atomic mass is 19.3. The van der Waals surface area contributed by atoms with E-state index in [0.717, 1.165) is 5.56 Å². The second-order valence-electron chi connectivity index (χ2n) is 4.61. The van der Waals surface area contributed by atoms with Crippen molar-refractivity contribution in [3.05, 3.63) is 47.4 Å². The van der Waals surface area contributed by atoms with Crippen molar-refractivity contribution in [3.63, 3.8) is 0 Å². The smallest absolute Gasteiger partial charge is 0.387 e. The first-order chi connectivity index (χ1) is 10.6. The molecule has 5 nitrogen and oxygen atoms in total. The highest BCUT2D eigenvalue weighted by molar-refractivity contribution is 5.37. The van der Waals surface area contributed by atoms with Crippen molar-refractivity contribution < 1.29 is 18.3 Å². The summed E-state index contributed by atoms with van der Waals surface area (Å²) in [5, 5.41) is 3.13. The highest BCUT2D eigenvalue weighted by Gasteiger charge is 2.10. The molecule has 0 fully saturated rings. The van der Waals surface area contributed by atoms with Crippen LogP contribution >= 0.6 is 0 Å². The Bertz CT molecular complexity index is 623. The molecule has 1 N–H and O–H groups in total. The van der Waals surface area contributed by atoms with Crippen LogP contribution in [-0.2, 0) is 13.1 Å². The molecule has 2 rings (SSSR count). The number of ether oxygens (including phenoxy) is 2. The number of hydrogen-bond donors (Lipinski definition) is 1. The highest BCUT2D eigenvalue weighted by Crippen LogP contribution is 2.22. The minimum Gasteiger partial charge on any atom is -0.480 e. The fraction of sp³-hybridized carbons (Fsp3) is 0.333. The van der Waals surface area contributed by atoms with E-state index in [4.69, 9.17) is 4.74 Å². The number of halogens is 2.